The molecule has 1 atom stereocenters. The van der Waals surface area contributed by atoms with Crippen molar-refractivity contribution in [3.8, 4) is 0 Å². The molecule has 0 saturated heterocycles. The Hall–Kier alpha value is -1.26. The number of hydrogen-bond acceptors (Lipinski definition) is 4. The van der Waals surface area contributed by atoms with Gasteiger partial charge in [-0.25, -0.2) is 0 Å². The summed E-state index contributed by atoms with van der Waals surface area (Å²) in [7, 11) is 0. The van der Waals surface area contributed by atoms with Crippen molar-refractivity contribution < 1.29 is 19.1 Å². The fourth-order valence-corrected chi connectivity index (χ4v) is 1.61. The molecule has 0 heterocycles. The van der Waals surface area contributed by atoms with E-state index in [-0.39, 0.29) is 6.61 Å². The minimum absolute atomic E-state index is 0.0626. The van der Waals surface area contributed by atoms with Crippen LogP contribution < -0.4 is 0 Å². The van der Waals surface area contributed by atoms with Gasteiger partial charge >= 0.3 is 11.9 Å². The third kappa shape index (κ3) is 4.55. The molecule has 0 N–H and O–H groups in total. The normalized spacial score (nSPS) is 11.8. The largest absolute Gasteiger partial charge is 0.462 e. The predicted octanol–water partition coefficient (Wildman–Crippen LogP) is 3.16. The van der Waals surface area contributed by atoms with Crippen molar-refractivity contribution in [2.45, 2.75) is 20.0 Å². The van der Waals surface area contributed by atoms with Crippen molar-refractivity contribution in [3.05, 3.63) is 33.8 Å². The minimum atomic E-state index is -0.693. The molecule has 0 spiro atoms. The van der Waals surface area contributed by atoms with E-state index in [0.29, 0.717) is 15.6 Å². The topological polar surface area (TPSA) is 52.6 Å². The molecule has 1 aromatic rings. The summed E-state index contributed by atoms with van der Waals surface area (Å²) in [5.41, 5.74) is 0.612. The van der Waals surface area contributed by atoms with Gasteiger partial charge in [0.15, 0.2) is 6.10 Å². The minimum Gasteiger partial charge on any atom is -0.462 e. The SMILES string of the molecule is CC(=O)OCC(OC(C)=O)c1ccc(Cl)c(Cl)c1. The van der Waals surface area contributed by atoms with E-state index in [1.54, 1.807) is 18.2 Å². The van der Waals surface area contributed by atoms with Crippen LogP contribution in [0.4, 0.5) is 0 Å². The quantitative estimate of drug-likeness (QED) is 0.800. The van der Waals surface area contributed by atoms with Crippen LogP contribution in [-0.2, 0) is 19.1 Å². The Labute approximate surface area is 115 Å². The van der Waals surface area contributed by atoms with Crippen LogP contribution in [0.25, 0.3) is 0 Å². The summed E-state index contributed by atoms with van der Waals surface area (Å²) in [5, 5.41) is 0.739. The van der Waals surface area contributed by atoms with E-state index in [4.69, 9.17) is 32.7 Å². The molecule has 1 aromatic carbocycles. The van der Waals surface area contributed by atoms with Gasteiger partial charge in [-0.05, 0) is 17.7 Å². The Kier molecular flexibility index (Phi) is 5.44. The third-order valence-corrected chi connectivity index (χ3v) is 2.80. The maximum Gasteiger partial charge on any atom is 0.303 e. The van der Waals surface area contributed by atoms with Crippen LogP contribution in [0, 0.1) is 0 Å². The molecule has 6 heteroatoms. The summed E-state index contributed by atoms with van der Waals surface area (Å²) < 4.78 is 9.90. The summed E-state index contributed by atoms with van der Waals surface area (Å²) in [5.74, 6) is -0.926. The number of esters is 2. The van der Waals surface area contributed by atoms with Crippen LogP contribution >= 0.6 is 23.2 Å². The van der Waals surface area contributed by atoms with Crippen molar-refractivity contribution in [1.29, 1.82) is 0 Å². The first-order valence-corrected chi connectivity index (χ1v) is 5.91. The molecule has 1 rings (SSSR count). The lowest BCUT2D eigenvalue weighted by Gasteiger charge is -2.17. The van der Waals surface area contributed by atoms with Crippen molar-refractivity contribution in [1.82, 2.24) is 0 Å². The number of halogens is 2. The fourth-order valence-electron chi connectivity index (χ4n) is 1.30. The van der Waals surface area contributed by atoms with Crippen LogP contribution in [0.3, 0.4) is 0 Å². The average Bonchev–Trinajstić information content (AvgIpc) is 2.27. The molecule has 0 aliphatic carbocycles. The smallest absolute Gasteiger partial charge is 0.303 e. The molecule has 18 heavy (non-hydrogen) atoms. The lowest BCUT2D eigenvalue weighted by atomic mass is 10.1. The molecule has 0 aliphatic heterocycles. The Balaban J connectivity index is 2.89. The third-order valence-electron chi connectivity index (χ3n) is 2.06. The Morgan fingerprint density at radius 3 is 2.33 bits per heavy atom. The zero-order chi connectivity index (χ0) is 13.7. The Bertz CT molecular complexity index is 459. The summed E-state index contributed by atoms with van der Waals surface area (Å²) in [4.78, 5) is 21.8. The van der Waals surface area contributed by atoms with E-state index >= 15 is 0 Å². The zero-order valence-corrected chi connectivity index (χ0v) is 11.4. The highest BCUT2D eigenvalue weighted by Crippen LogP contribution is 2.27. The van der Waals surface area contributed by atoms with E-state index in [9.17, 15) is 9.59 Å². The van der Waals surface area contributed by atoms with Gasteiger partial charge in [0.2, 0.25) is 0 Å². The molecule has 0 radical (unpaired) electrons. The highest BCUT2D eigenvalue weighted by molar-refractivity contribution is 6.42. The average molecular weight is 291 g/mol. The number of ether oxygens (including phenoxy) is 2. The van der Waals surface area contributed by atoms with Crippen molar-refractivity contribution >= 4 is 35.1 Å². The molecular weight excluding hydrogens is 279 g/mol. The number of rotatable bonds is 4. The number of carbonyl (C=O) groups excluding carboxylic acids is 2. The van der Waals surface area contributed by atoms with E-state index in [0.717, 1.165) is 0 Å². The highest BCUT2D eigenvalue weighted by Gasteiger charge is 2.17. The summed E-state index contributed by atoms with van der Waals surface area (Å²) in [6, 6.07) is 4.82. The number of carbonyl (C=O) groups is 2. The number of hydrogen-bond donors (Lipinski definition) is 0. The molecule has 4 nitrogen and oxygen atoms in total. The van der Waals surface area contributed by atoms with Crippen LogP contribution in [-0.4, -0.2) is 18.5 Å². The van der Waals surface area contributed by atoms with E-state index < -0.39 is 18.0 Å². The fraction of sp³-hybridized carbons (Fsp3) is 0.333. The van der Waals surface area contributed by atoms with Gasteiger partial charge in [-0.3, -0.25) is 9.59 Å². The second-order valence-corrected chi connectivity index (χ2v) is 4.39. The van der Waals surface area contributed by atoms with Crippen molar-refractivity contribution in [3.63, 3.8) is 0 Å². The standard InChI is InChI=1S/C12H12Cl2O4/c1-7(15)17-6-12(18-8(2)16)9-3-4-10(13)11(14)5-9/h3-5,12H,6H2,1-2H3. The van der Waals surface area contributed by atoms with Crippen molar-refractivity contribution in [2.24, 2.45) is 0 Å². The highest BCUT2D eigenvalue weighted by atomic mass is 35.5. The Morgan fingerprint density at radius 1 is 1.17 bits per heavy atom. The molecule has 0 amide bonds. The predicted molar refractivity (Wildman–Crippen MR) is 67.6 cm³/mol. The van der Waals surface area contributed by atoms with E-state index in [1.165, 1.54) is 13.8 Å². The molecular formula is C12H12Cl2O4. The monoisotopic (exact) mass is 290 g/mol. The molecule has 0 aromatic heterocycles. The van der Waals surface area contributed by atoms with E-state index in [2.05, 4.69) is 0 Å². The zero-order valence-electron chi connectivity index (χ0n) is 9.91. The number of benzene rings is 1. The van der Waals surface area contributed by atoms with Gasteiger partial charge in [0.25, 0.3) is 0 Å². The second-order valence-electron chi connectivity index (χ2n) is 3.57. The van der Waals surface area contributed by atoms with Gasteiger partial charge < -0.3 is 9.47 Å². The van der Waals surface area contributed by atoms with Gasteiger partial charge in [0.05, 0.1) is 10.0 Å². The first-order chi connectivity index (χ1) is 8.40. The molecule has 1 unspecified atom stereocenters. The molecule has 0 saturated carbocycles. The molecule has 0 aliphatic rings. The molecule has 0 fully saturated rings. The maximum atomic E-state index is 11.0. The summed E-state index contributed by atoms with van der Waals surface area (Å²) in [6.07, 6.45) is -0.693. The van der Waals surface area contributed by atoms with Crippen LogP contribution in [0.2, 0.25) is 10.0 Å². The summed E-state index contributed by atoms with van der Waals surface area (Å²) in [6.45, 7) is 2.49. The maximum absolute atomic E-state index is 11.0. The first-order valence-electron chi connectivity index (χ1n) is 5.15. The van der Waals surface area contributed by atoms with Gasteiger partial charge in [0.1, 0.15) is 6.61 Å². The van der Waals surface area contributed by atoms with Gasteiger partial charge in [-0.2, -0.15) is 0 Å². The van der Waals surface area contributed by atoms with Crippen LogP contribution in [0.15, 0.2) is 18.2 Å². The van der Waals surface area contributed by atoms with E-state index in [1.807, 2.05) is 0 Å². The summed E-state index contributed by atoms with van der Waals surface area (Å²) >= 11 is 11.7. The lowest BCUT2D eigenvalue weighted by molar-refractivity contribution is -0.156. The van der Waals surface area contributed by atoms with Gasteiger partial charge in [-0.15, -0.1) is 0 Å². The lowest BCUT2D eigenvalue weighted by Crippen LogP contribution is -2.16. The van der Waals surface area contributed by atoms with Gasteiger partial charge in [-0.1, -0.05) is 29.3 Å². The van der Waals surface area contributed by atoms with Crippen LogP contribution in [0.5, 0.6) is 0 Å². The molecule has 0 bridgehead atoms. The van der Waals surface area contributed by atoms with Crippen LogP contribution in [0.1, 0.15) is 25.5 Å². The Morgan fingerprint density at radius 2 is 1.83 bits per heavy atom. The van der Waals surface area contributed by atoms with Gasteiger partial charge in [0, 0.05) is 13.8 Å². The first kappa shape index (κ1) is 14.8. The second kappa shape index (κ2) is 6.61. The molecule has 98 valence electrons. The van der Waals surface area contributed by atoms with Crippen molar-refractivity contribution in [2.75, 3.05) is 6.61 Å².